The SMILES string of the molecule is C=C/C=c1\c(=C/C)c2c(n1Cc1ccccc1)CCNC2.CC. The van der Waals surface area contributed by atoms with Crippen molar-refractivity contribution in [2.24, 2.45) is 0 Å². The Bertz CT molecular complexity index is 751. The van der Waals surface area contributed by atoms with Crippen LogP contribution in [0.25, 0.3) is 12.2 Å². The largest absolute Gasteiger partial charge is 0.340 e. The van der Waals surface area contributed by atoms with Crippen LogP contribution in [0.15, 0.2) is 43.0 Å². The van der Waals surface area contributed by atoms with Gasteiger partial charge in [-0.3, -0.25) is 0 Å². The molecule has 1 aliphatic heterocycles. The van der Waals surface area contributed by atoms with Crippen LogP contribution in [0, 0.1) is 0 Å². The van der Waals surface area contributed by atoms with E-state index in [1.807, 2.05) is 19.9 Å². The lowest BCUT2D eigenvalue weighted by Gasteiger charge is -2.17. The molecule has 23 heavy (non-hydrogen) atoms. The summed E-state index contributed by atoms with van der Waals surface area (Å²) in [7, 11) is 0. The Morgan fingerprint density at radius 2 is 1.96 bits per heavy atom. The van der Waals surface area contributed by atoms with Gasteiger partial charge in [0.2, 0.25) is 0 Å². The summed E-state index contributed by atoms with van der Waals surface area (Å²) in [5.41, 5.74) is 4.27. The van der Waals surface area contributed by atoms with Gasteiger partial charge in [-0.2, -0.15) is 0 Å². The number of allylic oxidation sites excluding steroid dienone is 1. The van der Waals surface area contributed by atoms with Gasteiger partial charge in [-0.15, -0.1) is 0 Å². The van der Waals surface area contributed by atoms with Gasteiger partial charge < -0.3 is 9.88 Å². The van der Waals surface area contributed by atoms with Crippen LogP contribution < -0.4 is 15.9 Å². The predicted molar refractivity (Wildman–Crippen MR) is 101 cm³/mol. The number of aromatic nitrogens is 1. The molecule has 0 amide bonds. The number of fused-ring (bicyclic) bond motifs is 1. The predicted octanol–water partition coefficient (Wildman–Crippen LogP) is 2.98. The van der Waals surface area contributed by atoms with Gasteiger partial charge in [0.1, 0.15) is 0 Å². The van der Waals surface area contributed by atoms with Gasteiger partial charge >= 0.3 is 0 Å². The van der Waals surface area contributed by atoms with Crippen LogP contribution in [0.2, 0.25) is 0 Å². The average molecular weight is 308 g/mol. The van der Waals surface area contributed by atoms with Crippen LogP contribution in [-0.2, 0) is 19.5 Å². The highest BCUT2D eigenvalue weighted by atomic mass is 15.0. The van der Waals surface area contributed by atoms with Gasteiger partial charge in [-0.05, 0) is 24.1 Å². The van der Waals surface area contributed by atoms with Crippen LogP contribution in [0.3, 0.4) is 0 Å². The summed E-state index contributed by atoms with van der Waals surface area (Å²) in [5, 5.41) is 6.13. The monoisotopic (exact) mass is 308 g/mol. The third kappa shape index (κ3) is 3.65. The van der Waals surface area contributed by atoms with Gasteiger partial charge in [0.25, 0.3) is 0 Å². The van der Waals surface area contributed by atoms with Gasteiger partial charge in [0, 0.05) is 42.3 Å². The number of rotatable bonds is 3. The van der Waals surface area contributed by atoms with E-state index in [0.29, 0.717) is 0 Å². The second-order valence-corrected chi connectivity index (χ2v) is 5.41. The standard InChI is InChI=1S/C19H22N2.C2H6/c1-3-8-18-16(4-2)17-13-20-12-11-19(17)21(18)14-15-9-6-5-7-10-15;1-2/h3-10,20H,1,11-14H2,2H3;1-2H3/b16-4-,18-8+;. The molecule has 3 rings (SSSR count). The quantitative estimate of drug-likeness (QED) is 0.922. The molecule has 2 heteroatoms. The zero-order chi connectivity index (χ0) is 16.7. The third-order valence-electron chi connectivity index (χ3n) is 4.15. The topological polar surface area (TPSA) is 17.0 Å². The van der Waals surface area contributed by atoms with Crippen molar-refractivity contribution in [1.82, 2.24) is 9.88 Å². The Balaban J connectivity index is 0.000000924. The summed E-state index contributed by atoms with van der Waals surface area (Å²) >= 11 is 0. The van der Waals surface area contributed by atoms with Crippen molar-refractivity contribution in [1.29, 1.82) is 0 Å². The minimum atomic E-state index is 0.927. The molecule has 1 N–H and O–H groups in total. The maximum atomic E-state index is 3.89. The Morgan fingerprint density at radius 3 is 2.61 bits per heavy atom. The Labute approximate surface area is 139 Å². The van der Waals surface area contributed by atoms with Crippen molar-refractivity contribution in [3.05, 3.63) is 70.4 Å². The molecular weight excluding hydrogens is 280 g/mol. The molecule has 0 aliphatic carbocycles. The molecule has 122 valence electrons. The molecule has 1 aromatic heterocycles. The molecule has 0 fully saturated rings. The molecule has 0 unspecified atom stereocenters. The number of benzene rings is 1. The van der Waals surface area contributed by atoms with Crippen molar-refractivity contribution in [3.8, 4) is 0 Å². The first-order chi connectivity index (χ1) is 11.3. The lowest BCUT2D eigenvalue weighted by Crippen LogP contribution is -2.31. The van der Waals surface area contributed by atoms with Crippen molar-refractivity contribution >= 4 is 12.2 Å². The zero-order valence-electron chi connectivity index (χ0n) is 14.6. The van der Waals surface area contributed by atoms with E-state index in [0.717, 1.165) is 26.1 Å². The van der Waals surface area contributed by atoms with E-state index in [1.54, 1.807) is 0 Å². The molecule has 0 atom stereocenters. The summed E-state index contributed by atoms with van der Waals surface area (Å²) in [6.45, 7) is 13.0. The minimum absolute atomic E-state index is 0.927. The van der Waals surface area contributed by atoms with E-state index in [1.165, 1.54) is 27.4 Å². The van der Waals surface area contributed by atoms with Crippen LogP contribution in [0.4, 0.5) is 0 Å². The Kier molecular flexibility index (Phi) is 6.42. The first-order valence-corrected chi connectivity index (χ1v) is 8.59. The van der Waals surface area contributed by atoms with Gasteiger partial charge in [-0.1, -0.05) is 62.9 Å². The third-order valence-corrected chi connectivity index (χ3v) is 4.15. The smallest absolute Gasteiger partial charge is 0.0485 e. The highest BCUT2D eigenvalue weighted by molar-refractivity contribution is 5.43. The van der Waals surface area contributed by atoms with E-state index in [2.05, 4.69) is 65.9 Å². The molecule has 1 aromatic carbocycles. The lowest BCUT2D eigenvalue weighted by atomic mass is 10.1. The van der Waals surface area contributed by atoms with E-state index < -0.39 is 0 Å². The summed E-state index contributed by atoms with van der Waals surface area (Å²) in [6.07, 6.45) is 7.34. The van der Waals surface area contributed by atoms with Crippen molar-refractivity contribution in [2.75, 3.05) is 6.54 Å². The number of hydrogen-bond acceptors (Lipinski definition) is 1. The fourth-order valence-corrected chi connectivity index (χ4v) is 3.23. The summed E-state index contributed by atoms with van der Waals surface area (Å²) in [5.74, 6) is 0. The molecule has 2 heterocycles. The molecule has 0 saturated carbocycles. The lowest BCUT2D eigenvalue weighted by molar-refractivity contribution is 0.603. The molecule has 0 bridgehead atoms. The summed E-state index contributed by atoms with van der Waals surface area (Å²) < 4.78 is 2.46. The first kappa shape index (κ1) is 17.3. The first-order valence-electron chi connectivity index (χ1n) is 8.59. The van der Waals surface area contributed by atoms with Crippen LogP contribution in [0.5, 0.6) is 0 Å². The van der Waals surface area contributed by atoms with Gasteiger partial charge in [0.05, 0.1) is 0 Å². The molecular formula is C21H28N2. The van der Waals surface area contributed by atoms with E-state index in [-0.39, 0.29) is 0 Å². The van der Waals surface area contributed by atoms with Crippen LogP contribution in [-0.4, -0.2) is 11.1 Å². The molecule has 0 saturated heterocycles. The normalized spacial score (nSPS) is 14.9. The Hall–Kier alpha value is -2.06. The van der Waals surface area contributed by atoms with Crippen LogP contribution in [0.1, 0.15) is 37.6 Å². The highest BCUT2D eigenvalue weighted by Crippen LogP contribution is 2.11. The number of nitrogens with one attached hydrogen (secondary N) is 1. The van der Waals surface area contributed by atoms with Crippen molar-refractivity contribution in [2.45, 2.75) is 40.3 Å². The molecule has 1 aliphatic rings. The van der Waals surface area contributed by atoms with Crippen molar-refractivity contribution in [3.63, 3.8) is 0 Å². The zero-order valence-corrected chi connectivity index (χ0v) is 14.6. The minimum Gasteiger partial charge on any atom is -0.340 e. The number of hydrogen-bond donors (Lipinski definition) is 1. The van der Waals surface area contributed by atoms with E-state index in [4.69, 9.17) is 0 Å². The van der Waals surface area contributed by atoms with Crippen LogP contribution >= 0.6 is 0 Å². The summed E-state index contributed by atoms with van der Waals surface area (Å²) in [4.78, 5) is 0. The molecule has 0 spiro atoms. The Morgan fingerprint density at radius 1 is 1.22 bits per heavy atom. The average Bonchev–Trinajstić information content (AvgIpc) is 2.91. The molecule has 2 aromatic rings. The summed E-state index contributed by atoms with van der Waals surface area (Å²) in [6, 6.07) is 10.7. The second kappa shape index (κ2) is 8.54. The highest BCUT2D eigenvalue weighted by Gasteiger charge is 2.17. The van der Waals surface area contributed by atoms with Crippen molar-refractivity contribution < 1.29 is 0 Å². The maximum absolute atomic E-state index is 3.89. The van der Waals surface area contributed by atoms with Gasteiger partial charge in [-0.25, -0.2) is 0 Å². The maximum Gasteiger partial charge on any atom is 0.0485 e. The second-order valence-electron chi connectivity index (χ2n) is 5.41. The molecule has 2 nitrogen and oxygen atoms in total. The van der Waals surface area contributed by atoms with Gasteiger partial charge in [0.15, 0.2) is 0 Å². The van der Waals surface area contributed by atoms with E-state index >= 15 is 0 Å². The fourth-order valence-electron chi connectivity index (χ4n) is 3.23. The number of nitrogens with zero attached hydrogens (tertiary/aromatic N) is 1. The van der Waals surface area contributed by atoms with E-state index in [9.17, 15) is 0 Å². The molecule has 0 radical (unpaired) electrons. The fraction of sp³-hybridized carbons (Fsp3) is 0.333.